The molecule has 2 aromatic carbocycles. The molecule has 9 heteroatoms. The summed E-state index contributed by atoms with van der Waals surface area (Å²) in [5, 5.41) is 3.09. The molecule has 28 heavy (non-hydrogen) atoms. The van der Waals surface area contributed by atoms with Crippen LogP contribution < -0.4 is 19.1 Å². The van der Waals surface area contributed by atoms with Gasteiger partial charge in [-0.2, -0.15) is 0 Å². The Morgan fingerprint density at radius 1 is 1.29 bits per heavy atom. The third kappa shape index (κ3) is 4.88. The van der Waals surface area contributed by atoms with E-state index in [2.05, 4.69) is 5.32 Å². The van der Waals surface area contributed by atoms with Crippen LogP contribution >= 0.6 is 11.6 Å². The lowest BCUT2D eigenvalue weighted by Crippen LogP contribution is -2.51. The van der Waals surface area contributed by atoms with Gasteiger partial charge in [0, 0.05) is 5.02 Å². The van der Waals surface area contributed by atoms with Crippen LogP contribution in [0.5, 0.6) is 11.5 Å². The molecular formula is C19H21ClN2O5S. The molecule has 0 saturated carbocycles. The summed E-state index contributed by atoms with van der Waals surface area (Å²) >= 11 is 5.96. The molecule has 0 bridgehead atoms. The zero-order valence-corrected chi connectivity index (χ0v) is 17.1. The summed E-state index contributed by atoms with van der Waals surface area (Å²) in [6.45, 7) is 2.40. The van der Waals surface area contributed by atoms with Crippen molar-refractivity contribution in [2.45, 2.75) is 13.0 Å². The van der Waals surface area contributed by atoms with Crippen molar-refractivity contribution in [3.63, 3.8) is 0 Å². The monoisotopic (exact) mass is 424 g/mol. The number of hydrogen-bond acceptors (Lipinski definition) is 5. The Kier molecular flexibility index (Phi) is 6.00. The molecule has 1 aliphatic heterocycles. The van der Waals surface area contributed by atoms with Crippen molar-refractivity contribution >= 4 is 33.2 Å². The van der Waals surface area contributed by atoms with Crippen LogP contribution in [0.4, 0.5) is 5.69 Å². The first kappa shape index (κ1) is 20.3. The number of carbonyl (C=O) groups is 1. The molecule has 2 aromatic rings. The van der Waals surface area contributed by atoms with E-state index in [0.29, 0.717) is 16.5 Å². The number of fused-ring (bicyclic) bond motifs is 1. The molecule has 1 unspecified atom stereocenters. The van der Waals surface area contributed by atoms with Crippen LogP contribution in [-0.4, -0.2) is 46.4 Å². The summed E-state index contributed by atoms with van der Waals surface area (Å²) in [6.07, 6.45) is 0.107. The zero-order chi connectivity index (χ0) is 20.3. The minimum atomic E-state index is -3.60. The quantitative estimate of drug-likeness (QED) is 0.719. The summed E-state index contributed by atoms with van der Waals surface area (Å²) < 4.78 is 36.7. The van der Waals surface area contributed by atoms with Gasteiger partial charge in [-0.1, -0.05) is 29.3 Å². The van der Waals surface area contributed by atoms with E-state index in [9.17, 15) is 13.2 Å². The Morgan fingerprint density at radius 2 is 2.00 bits per heavy atom. The third-order valence-corrected chi connectivity index (χ3v) is 5.56. The maximum absolute atomic E-state index is 12.5. The molecule has 1 aliphatic rings. The Balaban J connectivity index is 1.61. The van der Waals surface area contributed by atoms with E-state index < -0.39 is 22.0 Å². The highest BCUT2D eigenvalue weighted by Gasteiger charge is 2.35. The maximum atomic E-state index is 12.5. The van der Waals surface area contributed by atoms with Crippen molar-refractivity contribution in [3.05, 3.63) is 53.1 Å². The second-order valence-electron chi connectivity index (χ2n) is 6.47. The van der Waals surface area contributed by atoms with Gasteiger partial charge < -0.3 is 14.8 Å². The summed E-state index contributed by atoms with van der Waals surface area (Å²) in [7, 11) is -3.60. The van der Waals surface area contributed by atoms with E-state index in [1.165, 1.54) is 6.07 Å². The van der Waals surface area contributed by atoms with Gasteiger partial charge in [-0.3, -0.25) is 9.10 Å². The number of benzene rings is 2. The van der Waals surface area contributed by atoms with Gasteiger partial charge in [-0.15, -0.1) is 0 Å². The Morgan fingerprint density at radius 3 is 2.68 bits per heavy atom. The minimum Gasteiger partial charge on any atom is -0.492 e. The minimum absolute atomic E-state index is 0.128. The molecule has 0 saturated heterocycles. The van der Waals surface area contributed by atoms with Crippen LogP contribution in [0.1, 0.15) is 5.56 Å². The average Bonchev–Trinajstić information content (AvgIpc) is 2.64. The van der Waals surface area contributed by atoms with E-state index >= 15 is 0 Å². The molecule has 0 radical (unpaired) electrons. The molecule has 1 heterocycles. The summed E-state index contributed by atoms with van der Waals surface area (Å²) in [5.74, 6) is 0.585. The summed E-state index contributed by atoms with van der Waals surface area (Å²) in [4.78, 5) is 12.5. The van der Waals surface area contributed by atoms with E-state index in [0.717, 1.165) is 16.1 Å². The number of halogens is 1. The summed E-state index contributed by atoms with van der Waals surface area (Å²) in [6, 6.07) is 12.2. The highest BCUT2D eigenvalue weighted by atomic mass is 35.5. The Hall–Kier alpha value is -2.45. The number of nitrogens with one attached hydrogen (secondary N) is 1. The number of hydrogen-bond donors (Lipinski definition) is 1. The highest BCUT2D eigenvalue weighted by Crippen LogP contribution is 2.37. The molecule has 3 rings (SSSR count). The Labute approximate surface area is 169 Å². The molecule has 1 amide bonds. The number of sulfonamides is 1. The maximum Gasteiger partial charge on any atom is 0.263 e. The molecule has 1 N–H and O–H groups in total. The number of amides is 1. The van der Waals surface area contributed by atoms with Crippen LogP contribution in [0.3, 0.4) is 0 Å². The van der Waals surface area contributed by atoms with Crippen molar-refractivity contribution in [2.75, 3.05) is 30.3 Å². The lowest BCUT2D eigenvalue weighted by Gasteiger charge is -2.34. The SMILES string of the molecule is Cc1ccc(OCCNC(=O)C2CN(S(C)(=O)=O)c3cc(Cl)ccc3O2)cc1. The van der Waals surface area contributed by atoms with Crippen LogP contribution in [0.2, 0.25) is 5.02 Å². The molecule has 0 aliphatic carbocycles. The fourth-order valence-corrected chi connectivity index (χ4v) is 3.84. The second-order valence-corrected chi connectivity index (χ2v) is 8.81. The van der Waals surface area contributed by atoms with E-state index in [1.807, 2.05) is 31.2 Å². The third-order valence-electron chi connectivity index (χ3n) is 4.17. The van der Waals surface area contributed by atoms with E-state index in [4.69, 9.17) is 21.1 Å². The molecule has 0 fully saturated rings. The van der Waals surface area contributed by atoms with Gasteiger partial charge in [-0.05, 0) is 37.3 Å². The van der Waals surface area contributed by atoms with Crippen molar-refractivity contribution in [3.8, 4) is 11.5 Å². The van der Waals surface area contributed by atoms with Crippen LogP contribution in [0, 0.1) is 6.92 Å². The van der Waals surface area contributed by atoms with Crippen LogP contribution in [0.15, 0.2) is 42.5 Å². The molecule has 1 atom stereocenters. The number of aryl methyl sites for hydroxylation is 1. The molecule has 7 nitrogen and oxygen atoms in total. The van der Waals surface area contributed by atoms with Gasteiger partial charge in [-0.25, -0.2) is 8.42 Å². The normalized spacial score (nSPS) is 16.1. The van der Waals surface area contributed by atoms with Gasteiger partial charge in [0.25, 0.3) is 5.91 Å². The molecule has 0 spiro atoms. The molecule has 150 valence electrons. The Bertz CT molecular complexity index is 963. The standard InChI is InChI=1S/C19H21ClN2O5S/c1-13-3-6-15(7-4-13)26-10-9-21-19(23)18-12-22(28(2,24)25)16-11-14(20)5-8-17(16)27-18/h3-8,11,18H,9-10,12H2,1-2H3,(H,21,23). The van der Waals surface area contributed by atoms with Gasteiger partial charge in [0.1, 0.15) is 18.1 Å². The number of rotatable bonds is 6. The smallest absolute Gasteiger partial charge is 0.263 e. The van der Waals surface area contributed by atoms with E-state index in [1.54, 1.807) is 12.1 Å². The number of ether oxygens (including phenoxy) is 2. The first-order chi connectivity index (χ1) is 13.2. The van der Waals surface area contributed by atoms with Crippen LogP contribution in [0.25, 0.3) is 0 Å². The number of anilines is 1. The number of carbonyl (C=O) groups excluding carboxylic acids is 1. The average molecular weight is 425 g/mol. The number of nitrogens with zero attached hydrogens (tertiary/aromatic N) is 1. The van der Waals surface area contributed by atoms with E-state index in [-0.39, 0.29) is 25.4 Å². The zero-order valence-electron chi connectivity index (χ0n) is 15.5. The fourth-order valence-electron chi connectivity index (χ4n) is 2.77. The lowest BCUT2D eigenvalue weighted by molar-refractivity contribution is -0.127. The van der Waals surface area contributed by atoms with Crippen molar-refractivity contribution in [1.29, 1.82) is 0 Å². The van der Waals surface area contributed by atoms with Gasteiger partial charge in [0.2, 0.25) is 10.0 Å². The van der Waals surface area contributed by atoms with Crippen molar-refractivity contribution in [2.24, 2.45) is 0 Å². The van der Waals surface area contributed by atoms with Gasteiger partial charge in [0.15, 0.2) is 6.10 Å². The summed E-state index contributed by atoms with van der Waals surface area (Å²) in [5.41, 5.74) is 1.45. The fraction of sp³-hybridized carbons (Fsp3) is 0.316. The first-order valence-electron chi connectivity index (χ1n) is 8.65. The highest BCUT2D eigenvalue weighted by molar-refractivity contribution is 7.92. The largest absolute Gasteiger partial charge is 0.492 e. The molecule has 0 aromatic heterocycles. The van der Waals surface area contributed by atoms with Gasteiger partial charge in [0.05, 0.1) is 25.0 Å². The van der Waals surface area contributed by atoms with Crippen molar-refractivity contribution < 1.29 is 22.7 Å². The predicted octanol–water partition coefficient (Wildman–Crippen LogP) is 2.37. The predicted molar refractivity (Wildman–Crippen MR) is 108 cm³/mol. The van der Waals surface area contributed by atoms with Crippen molar-refractivity contribution in [1.82, 2.24) is 5.32 Å². The first-order valence-corrected chi connectivity index (χ1v) is 10.9. The molecular weight excluding hydrogens is 404 g/mol. The second kappa shape index (κ2) is 8.28. The topological polar surface area (TPSA) is 84.9 Å². The van der Waals surface area contributed by atoms with Crippen LogP contribution in [-0.2, 0) is 14.8 Å². The van der Waals surface area contributed by atoms with Gasteiger partial charge >= 0.3 is 0 Å². The lowest BCUT2D eigenvalue weighted by atomic mass is 10.2.